The van der Waals surface area contributed by atoms with Gasteiger partial charge in [-0.1, -0.05) is 23.7 Å². The molecule has 29 heavy (non-hydrogen) atoms. The Kier molecular flexibility index (Phi) is 4.64. The average Bonchev–Trinajstić information content (AvgIpc) is 3.42. The first-order valence-electron chi connectivity index (χ1n) is 9.67. The monoisotopic (exact) mass is 409 g/mol. The third-order valence-corrected chi connectivity index (χ3v) is 5.78. The maximum absolute atomic E-state index is 13.1. The van der Waals surface area contributed by atoms with Crippen LogP contribution in [0.1, 0.15) is 34.8 Å². The predicted octanol–water partition coefficient (Wildman–Crippen LogP) is 4.48. The van der Waals surface area contributed by atoms with Crippen molar-refractivity contribution in [1.82, 2.24) is 15.1 Å². The van der Waals surface area contributed by atoms with Crippen molar-refractivity contribution in [2.75, 3.05) is 19.9 Å². The summed E-state index contributed by atoms with van der Waals surface area (Å²) in [5.41, 5.74) is 3.74. The van der Waals surface area contributed by atoms with Crippen molar-refractivity contribution >= 4 is 17.5 Å². The van der Waals surface area contributed by atoms with Gasteiger partial charge >= 0.3 is 0 Å². The minimum Gasteiger partial charge on any atom is -0.454 e. The zero-order valence-electron chi connectivity index (χ0n) is 15.7. The van der Waals surface area contributed by atoms with Crippen LogP contribution in [-0.2, 0) is 0 Å². The number of hydrogen-bond donors (Lipinski definition) is 1. The molecule has 1 amide bonds. The zero-order valence-corrected chi connectivity index (χ0v) is 16.5. The van der Waals surface area contributed by atoms with Gasteiger partial charge in [-0.15, -0.1) is 0 Å². The Balaban J connectivity index is 1.38. The summed E-state index contributed by atoms with van der Waals surface area (Å²) in [6.45, 7) is 1.58. The summed E-state index contributed by atoms with van der Waals surface area (Å²) in [5.74, 6) is 1.51. The number of aromatic nitrogens is 2. The largest absolute Gasteiger partial charge is 0.454 e. The first-order valence-corrected chi connectivity index (χ1v) is 10.0. The van der Waals surface area contributed by atoms with Crippen LogP contribution in [0.15, 0.2) is 48.7 Å². The second-order valence-electron chi connectivity index (χ2n) is 7.37. The normalized spacial score (nSPS) is 18.1. The molecule has 1 aromatic heterocycles. The lowest BCUT2D eigenvalue weighted by Crippen LogP contribution is -2.39. The van der Waals surface area contributed by atoms with Crippen LogP contribution >= 0.6 is 11.6 Å². The third-order valence-electron chi connectivity index (χ3n) is 5.54. The highest BCUT2D eigenvalue weighted by Crippen LogP contribution is 2.36. The number of carbonyl (C=O) groups excluding carboxylic acids is 1. The number of aromatic amines is 1. The Bertz CT molecular complexity index is 1060. The van der Waals surface area contributed by atoms with E-state index in [1.165, 1.54) is 0 Å². The summed E-state index contributed by atoms with van der Waals surface area (Å²) in [6.07, 6.45) is 3.77. The van der Waals surface area contributed by atoms with Crippen molar-refractivity contribution in [2.45, 2.75) is 18.8 Å². The standard InChI is InChI=1S/C22H20ClN3O3/c23-17-5-1-3-14(9-17)18-11-24-25-21(18)16-4-2-8-26(12-16)22(27)15-6-7-19-20(10-15)29-13-28-19/h1,3,5-7,9-11,16H,2,4,8,12-13H2,(H,24,25). The quantitative estimate of drug-likeness (QED) is 0.692. The summed E-state index contributed by atoms with van der Waals surface area (Å²) < 4.78 is 10.8. The molecule has 5 rings (SSSR count). The minimum absolute atomic E-state index is 0.0109. The van der Waals surface area contributed by atoms with Gasteiger partial charge in [-0.2, -0.15) is 5.10 Å². The Hall–Kier alpha value is -2.99. The summed E-state index contributed by atoms with van der Waals surface area (Å²) in [6, 6.07) is 13.1. The number of fused-ring (bicyclic) bond motifs is 1. The molecule has 1 unspecified atom stereocenters. The molecule has 1 fully saturated rings. The second-order valence-corrected chi connectivity index (χ2v) is 7.80. The van der Waals surface area contributed by atoms with E-state index < -0.39 is 0 Å². The topological polar surface area (TPSA) is 67.5 Å². The average molecular weight is 410 g/mol. The van der Waals surface area contributed by atoms with E-state index in [9.17, 15) is 4.79 Å². The molecule has 0 bridgehead atoms. The summed E-state index contributed by atoms with van der Waals surface area (Å²) in [4.78, 5) is 15.0. The Labute approximate surface area is 173 Å². The number of benzene rings is 2. The number of amides is 1. The highest BCUT2D eigenvalue weighted by Gasteiger charge is 2.29. The Morgan fingerprint density at radius 2 is 2.07 bits per heavy atom. The molecular formula is C22H20ClN3O3. The summed E-state index contributed by atoms with van der Waals surface area (Å²) in [7, 11) is 0. The molecule has 1 atom stereocenters. The van der Waals surface area contributed by atoms with E-state index in [1.807, 2.05) is 35.4 Å². The van der Waals surface area contributed by atoms with Crippen LogP contribution in [0.25, 0.3) is 11.1 Å². The number of piperidine rings is 1. The molecule has 0 spiro atoms. The highest BCUT2D eigenvalue weighted by atomic mass is 35.5. The van der Waals surface area contributed by atoms with E-state index in [4.69, 9.17) is 21.1 Å². The predicted molar refractivity (Wildman–Crippen MR) is 109 cm³/mol. The van der Waals surface area contributed by atoms with Gasteiger partial charge in [0.2, 0.25) is 6.79 Å². The maximum Gasteiger partial charge on any atom is 0.254 e. The van der Waals surface area contributed by atoms with Gasteiger partial charge in [-0.25, -0.2) is 0 Å². The van der Waals surface area contributed by atoms with E-state index in [0.717, 1.165) is 36.2 Å². The number of ether oxygens (including phenoxy) is 2. The Morgan fingerprint density at radius 3 is 2.97 bits per heavy atom. The van der Waals surface area contributed by atoms with Crippen molar-refractivity contribution in [2.24, 2.45) is 0 Å². The Morgan fingerprint density at radius 1 is 1.17 bits per heavy atom. The number of halogens is 1. The number of carbonyl (C=O) groups is 1. The minimum atomic E-state index is 0.0109. The van der Waals surface area contributed by atoms with Crippen LogP contribution in [0.2, 0.25) is 5.02 Å². The fourth-order valence-electron chi connectivity index (χ4n) is 4.10. The van der Waals surface area contributed by atoms with E-state index in [2.05, 4.69) is 10.2 Å². The smallest absolute Gasteiger partial charge is 0.254 e. The highest BCUT2D eigenvalue weighted by molar-refractivity contribution is 6.30. The molecule has 0 aliphatic carbocycles. The van der Waals surface area contributed by atoms with Crippen LogP contribution in [0.5, 0.6) is 11.5 Å². The molecule has 2 aliphatic heterocycles. The molecule has 7 heteroatoms. The van der Waals surface area contributed by atoms with Crippen molar-refractivity contribution in [1.29, 1.82) is 0 Å². The molecule has 6 nitrogen and oxygen atoms in total. The van der Waals surface area contributed by atoms with Crippen molar-refractivity contribution in [3.05, 3.63) is 64.9 Å². The van der Waals surface area contributed by atoms with Crippen LogP contribution in [0.4, 0.5) is 0 Å². The lowest BCUT2D eigenvalue weighted by Gasteiger charge is -2.33. The molecule has 2 aromatic carbocycles. The van der Waals surface area contributed by atoms with Gasteiger partial charge in [-0.05, 0) is 48.7 Å². The molecule has 1 N–H and O–H groups in total. The lowest BCUT2D eigenvalue weighted by atomic mass is 9.90. The molecule has 1 saturated heterocycles. The van der Waals surface area contributed by atoms with Gasteiger partial charge in [0.15, 0.2) is 11.5 Å². The van der Waals surface area contributed by atoms with Gasteiger partial charge in [0.1, 0.15) is 0 Å². The van der Waals surface area contributed by atoms with Crippen molar-refractivity contribution < 1.29 is 14.3 Å². The number of nitrogens with zero attached hydrogens (tertiary/aromatic N) is 2. The van der Waals surface area contributed by atoms with Crippen LogP contribution in [0, 0.1) is 0 Å². The van der Waals surface area contributed by atoms with Crippen LogP contribution in [0.3, 0.4) is 0 Å². The van der Waals surface area contributed by atoms with E-state index >= 15 is 0 Å². The fraction of sp³-hybridized carbons (Fsp3) is 0.273. The summed E-state index contributed by atoms with van der Waals surface area (Å²) >= 11 is 6.17. The number of hydrogen-bond acceptors (Lipinski definition) is 4. The molecule has 148 valence electrons. The maximum atomic E-state index is 13.1. The van der Waals surface area contributed by atoms with Crippen molar-refractivity contribution in [3.63, 3.8) is 0 Å². The van der Waals surface area contributed by atoms with Crippen molar-refractivity contribution in [3.8, 4) is 22.6 Å². The lowest BCUT2D eigenvalue weighted by molar-refractivity contribution is 0.0705. The third kappa shape index (κ3) is 3.44. The van der Waals surface area contributed by atoms with Gasteiger partial charge in [0.25, 0.3) is 5.91 Å². The molecule has 3 aromatic rings. The molecule has 2 aliphatic rings. The molecule has 0 radical (unpaired) electrons. The number of rotatable bonds is 3. The molecule has 3 heterocycles. The second kappa shape index (κ2) is 7.44. The van der Waals surface area contributed by atoms with E-state index in [1.54, 1.807) is 18.2 Å². The fourth-order valence-corrected chi connectivity index (χ4v) is 4.29. The SMILES string of the molecule is O=C(c1ccc2c(c1)OCO2)N1CCCC(c2[nH]ncc2-c2cccc(Cl)c2)C1. The number of nitrogens with one attached hydrogen (secondary N) is 1. The van der Waals surface area contributed by atoms with Crippen LogP contribution < -0.4 is 9.47 Å². The zero-order chi connectivity index (χ0) is 19.8. The number of H-pyrrole nitrogens is 1. The van der Waals surface area contributed by atoms with Crippen LogP contribution in [-0.4, -0.2) is 40.9 Å². The van der Waals surface area contributed by atoms with E-state index in [-0.39, 0.29) is 18.6 Å². The van der Waals surface area contributed by atoms with Gasteiger partial charge in [0.05, 0.1) is 6.20 Å². The first kappa shape index (κ1) is 18.1. The molecule has 0 saturated carbocycles. The van der Waals surface area contributed by atoms with E-state index in [0.29, 0.717) is 28.6 Å². The van der Waals surface area contributed by atoms with Gasteiger partial charge < -0.3 is 14.4 Å². The summed E-state index contributed by atoms with van der Waals surface area (Å²) in [5, 5.41) is 8.12. The molecular weight excluding hydrogens is 390 g/mol. The first-order chi connectivity index (χ1) is 14.2. The van der Waals surface area contributed by atoms with Gasteiger partial charge in [0, 0.05) is 40.9 Å². The van der Waals surface area contributed by atoms with Gasteiger partial charge in [-0.3, -0.25) is 9.89 Å². The number of likely N-dealkylation sites (tertiary alicyclic amines) is 1.